The number of hydrogen-bond donors (Lipinski definition) is 1. The second kappa shape index (κ2) is 6.70. The Balaban J connectivity index is 2.96. The van der Waals surface area contributed by atoms with Crippen molar-refractivity contribution in [2.24, 2.45) is 0 Å². The van der Waals surface area contributed by atoms with Gasteiger partial charge in [-0.25, -0.2) is 8.78 Å². The first-order chi connectivity index (χ1) is 8.10. The lowest BCUT2D eigenvalue weighted by molar-refractivity contribution is 0.464. The molecular weight excluding hydrogens is 220 g/mol. The van der Waals surface area contributed by atoms with E-state index in [0.717, 1.165) is 25.8 Å². The molecule has 96 valence electrons. The fraction of sp³-hybridized carbons (Fsp3) is 0.571. The Kier molecular flexibility index (Phi) is 5.56. The van der Waals surface area contributed by atoms with Crippen LogP contribution in [0.4, 0.5) is 8.78 Å². The topological polar surface area (TPSA) is 12.0 Å². The van der Waals surface area contributed by atoms with Crippen LogP contribution in [0.1, 0.15) is 50.3 Å². The van der Waals surface area contributed by atoms with E-state index in [1.54, 1.807) is 6.92 Å². The molecule has 1 N–H and O–H groups in total. The van der Waals surface area contributed by atoms with Crippen molar-refractivity contribution in [1.82, 2.24) is 5.32 Å². The summed E-state index contributed by atoms with van der Waals surface area (Å²) >= 11 is 0. The van der Waals surface area contributed by atoms with Gasteiger partial charge in [0.05, 0.1) is 0 Å². The predicted molar refractivity (Wildman–Crippen MR) is 67.0 cm³/mol. The Morgan fingerprint density at radius 3 is 2.47 bits per heavy atom. The maximum atomic E-state index is 13.8. The molecule has 1 aromatic rings. The molecule has 0 radical (unpaired) electrons. The summed E-state index contributed by atoms with van der Waals surface area (Å²) in [5, 5.41) is 3.21. The Morgan fingerprint density at radius 1 is 1.18 bits per heavy atom. The number of halogens is 2. The molecule has 0 spiro atoms. The number of rotatable bonds is 6. The van der Waals surface area contributed by atoms with Gasteiger partial charge in [0.2, 0.25) is 0 Å². The summed E-state index contributed by atoms with van der Waals surface area (Å²) in [5.41, 5.74) is 0.806. The van der Waals surface area contributed by atoms with Crippen LogP contribution in [0.15, 0.2) is 12.1 Å². The second-order valence-electron chi connectivity index (χ2n) is 4.38. The molecule has 0 aliphatic rings. The van der Waals surface area contributed by atoms with Crippen LogP contribution in [0.3, 0.4) is 0 Å². The third-order valence-electron chi connectivity index (χ3n) is 2.95. The van der Waals surface area contributed by atoms with Crippen LogP contribution in [0.5, 0.6) is 0 Å². The van der Waals surface area contributed by atoms with E-state index in [0.29, 0.717) is 11.1 Å². The molecule has 3 heteroatoms. The van der Waals surface area contributed by atoms with Gasteiger partial charge in [0.25, 0.3) is 0 Å². The minimum Gasteiger partial charge on any atom is -0.310 e. The van der Waals surface area contributed by atoms with Gasteiger partial charge in [0.1, 0.15) is 11.6 Å². The van der Waals surface area contributed by atoms with Gasteiger partial charge in [0, 0.05) is 11.6 Å². The van der Waals surface area contributed by atoms with E-state index >= 15 is 0 Å². The third-order valence-corrected chi connectivity index (χ3v) is 2.95. The largest absolute Gasteiger partial charge is 0.310 e. The molecule has 0 aliphatic carbocycles. The lowest BCUT2D eigenvalue weighted by atomic mass is 9.99. The second-order valence-corrected chi connectivity index (χ2v) is 4.38. The van der Waals surface area contributed by atoms with Crippen LogP contribution in [0.2, 0.25) is 0 Å². The quantitative estimate of drug-likeness (QED) is 0.790. The first-order valence-electron chi connectivity index (χ1n) is 6.29. The summed E-state index contributed by atoms with van der Waals surface area (Å²) in [6, 6.07) is 2.52. The van der Waals surface area contributed by atoms with Crippen molar-refractivity contribution in [3.63, 3.8) is 0 Å². The number of aryl methyl sites for hydroxylation is 1. The Labute approximate surface area is 102 Å². The summed E-state index contributed by atoms with van der Waals surface area (Å²) in [4.78, 5) is 0. The highest BCUT2D eigenvalue weighted by Crippen LogP contribution is 2.24. The van der Waals surface area contributed by atoms with Crippen LogP contribution in [0.25, 0.3) is 0 Å². The average molecular weight is 241 g/mol. The van der Waals surface area contributed by atoms with Gasteiger partial charge in [-0.15, -0.1) is 0 Å². The minimum atomic E-state index is -0.333. The van der Waals surface area contributed by atoms with Crippen LogP contribution in [0, 0.1) is 18.6 Å². The van der Waals surface area contributed by atoms with Crippen LogP contribution in [-0.4, -0.2) is 6.54 Å². The molecule has 0 fully saturated rings. The Morgan fingerprint density at radius 2 is 1.88 bits per heavy atom. The molecule has 1 atom stereocenters. The smallest absolute Gasteiger partial charge is 0.128 e. The summed E-state index contributed by atoms with van der Waals surface area (Å²) in [5.74, 6) is -0.647. The zero-order chi connectivity index (χ0) is 12.8. The van der Waals surface area contributed by atoms with Gasteiger partial charge in [-0.1, -0.05) is 26.7 Å². The highest BCUT2D eigenvalue weighted by atomic mass is 19.1. The summed E-state index contributed by atoms with van der Waals surface area (Å²) in [7, 11) is 0. The first-order valence-corrected chi connectivity index (χ1v) is 6.29. The first kappa shape index (κ1) is 14.1. The van der Waals surface area contributed by atoms with E-state index < -0.39 is 0 Å². The normalized spacial score (nSPS) is 12.8. The number of nitrogens with one attached hydrogen (secondary N) is 1. The zero-order valence-electron chi connectivity index (χ0n) is 10.8. The fourth-order valence-electron chi connectivity index (χ4n) is 1.95. The molecule has 0 bridgehead atoms. The lowest BCUT2D eigenvalue weighted by Gasteiger charge is -2.19. The zero-order valence-corrected chi connectivity index (χ0v) is 10.8. The third kappa shape index (κ3) is 3.77. The number of hydrogen-bond acceptors (Lipinski definition) is 1. The molecule has 0 aromatic heterocycles. The van der Waals surface area contributed by atoms with E-state index in [4.69, 9.17) is 0 Å². The van der Waals surface area contributed by atoms with Crippen molar-refractivity contribution in [3.8, 4) is 0 Å². The van der Waals surface area contributed by atoms with Gasteiger partial charge >= 0.3 is 0 Å². The molecule has 1 nitrogen and oxygen atoms in total. The van der Waals surface area contributed by atoms with E-state index in [9.17, 15) is 8.78 Å². The molecule has 0 heterocycles. The van der Waals surface area contributed by atoms with Gasteiger partial charge in [-0.2, -0.15) is 0 Å². The van der Waals surface area contributed by atoms with Crippen LogP contribution >= 0.6 is 0 Å². The molecule has 0 amide bonds. The van der Waals surface area contributed by atoms with E-state index in [2.05, 4.69) is 12.2 Å². The SMILES string of the molecule is CCCCC(NCC)c1cc(F)c(C)cc1F. The molecular formula is C14H21F2N. The van der Waals surface area contributed by atoms with Crippen molar-refractivity contribution in [3.05, 3.63) is 34.9 Å². The molecule has 0 aliphatic heterocycles. The van der Waals surface area contributed by atoms with Crippen molar-refractivity contribution in [2.45, 2.75) is 46.1 Å². The van der Waals surface area contributed by atoms with Crippen LogP contribution < -0.4 is 5.32 Å². The van der Waals surface area contributed by atoms with E-state index in [1.807, 2.05) is 6.92 Å². The summed E-state index contributed by atoms with van der Waals surface area (Å²) in [6.45, 7) is 6.40. The summed E-state index contributed by atoms with van der Waals surface area (Å²) < 4.78 is 27.3. The maximum Gasteiger partial charge on any atom is 0.128 e. The maximum absolute atomic E-state index is 13.8. The summed E-state index contributed by atoms with van der Waals surface area (Å²) in [6.07, 6.45) is 2.90. The monoisotopic (exact) mass is 241 g/mol. The van der Waals surface area contributed by atoms with Gasteiger partial charge in [-0.05, 0) is 37.6 Å². The molecule has 17 heavy (non-hydrogen) atoms. The fourth-order valence-corrected chi connectivity index (χ4v) is 1.95. The van der Waals surface area contributed by atoms with Gasteiger partial charge in [-0.3, -0.25) is 0 Å². The van der Waals surface area contributed by atoms with E-state index in [1.165, 1.54) is 12.1 Å². The molecule has 1 aromatic carbocycles. The Hall–Kier alpha value is -0.960. The van der Waals surface area contributed by atoms with Gasteiger partial charge < -0.3 is 5.32 Å². The minimum absolute atomic E-state index is 0.0879. The highest BCUT2D eigenvalue weighted by molar-refractivity contribution is 5.27. The molecule has 0 saturated heterocycles. The highest BCUT2D eigenvalue weighted by Gasteiger charge is 2.16. The molecule has 1 unspecified atom stereocenters. The van der Waals surface area contributed by atoms with Crippen molar-refractivity contribution >= 4 is 0 Å². The van der Waals surface area contributed by atoms with E-state index in [-0.39, 0.29) is 17.7 Å². The lowest BCUT2D eigenvalue weighted by Crippen LogP contribution is -2.22. The van der Waals surface area contributed by atoms with Crippen molar-refractivity contribution in [1.29, 1.82) is 0 Å². The van der Waals surface area contributed by atoms with Crippen molar-refractivity contribution < 1.29 is 8.78 Å². The predicted octanol–water partition coefficient (Wildman–Crippen LogP) is 4.11. The Bertz CT molecular complexity index is 363. The number of benzene rings is 1. The van der Waals surface area contributed by atoms with Crippen LogP contribution in [-0.2, 0) is 0 Å². The molecule has 1 rings (SSSR count). The van der Waals surface area contributed by atoms with Gasteiger partial charge in [0.15, 0.2) is 0 Å². The number of unbranched alkanes of at least 4 members (excludes halogenated alkanes) is 1. The average Bonchev–Trinajstić information content (AvgIpc) is 2.29. The van der Waals surface area contributed by atoms with Crippen molar-refractivity contribution in [2.75, 3.05) is 6.54 Å². The molecule has 0 saturated carbocycles. The standard InChI is InChI=1S/C14H21F2N/c1-4-6-7-14(17-5-2)11-9-12(15)10(3)8-13(11)16/h8-9,14,17H,4-7H2,1-3H3.